The van der Waals surface area contributed by atoms with Crippen molar-refractivity contribution in [2.45, 2.75) is 13.1 Å². The van der Waals surface area contributed by atoms with Gasteiger partial charge < -0.3 is 4.90 Å². The lowest BCUT2D eigenvalue weighted by Crippen LogP contribution is -2.48. The zero-order valence-corrected chi connectivity index (χ0v) is 19.3. The molecule has 1 amide bonds. The summed E-state index contributed by atoms with van der Waals surface area (Å²) in [5, 5.41) is 14.6. The normalized spacial score (nSPS) is 14.1. The Morgan fingerprint density at radius 3 is 2.11 bits per heavy atom. The topological polar surface area (TPSA) is 82.2 Å². The standard InChI is InChI=1S/C28H25N5O2/c29-18-21-10-12-23(13-11-21)19-31-14-16-32(17-15-31)28(35)26-24-8-4-5-9-25(24)27(34)33(30-26)20-22-6-2-1-3-7-22/h1-13H,14-17,19-20H2. The van der Waals surface area contributed by atoms with Crippen LogP contribution in [0.5, 0.6) is 0 Å². The molecule has 1 saturated heterocycles. The van der Waals surface area contributed by atoms with E-state index in [9.17, 15) is 9.59 Å². The van der Waals surface area contributed by atoms with Crippen LogP contribution in [-0.4, -0.2) is 51.7 Å². The van der Waals surface area contributed by atoms with Crippen molar-refractivity contribution in [3.05, 3.63) is 112 Å². The molecule has 7 heteroatoms. The lowest BCUT2D eigenvalue weighted by Gasteiger charge is -2.34. The van der Waals surface area contributed by atoms with E-state index in [1.165, 1.54) is 4.68 Å². The Morgan fingerprint density at radius 1 is 0.800 bits per heavy atom. The Labute approximate surface area is 203 Å². The summed E-state index contributed by atoms with van der Waals surface area (Å²) in [4.78, 5) is 30.8. The average molecular weight is 464 g/mol. The van der Waals surface area contributed by atoms with Gasteiger partial charge in [-0.25, -0.2) is 4.68 Å². The number of piperazine rings is 1. The van der Waals surface area contributed by atoms with Crippen molar-refractivity contribution in [2.24, 2.45) is 0 Å². The number of benzene rings is 3. The molecule has 0 radical (unpaired) electrons. The molecule has 1 fully saturated rings. The van der Waals surface area contributed by atoms with Gasteiger partial charge in [0.2, 0.25) is 0 Å². The van der Waals surface area contributed by atoms with Crippen molar-refractivity contribution >= 4 is 16.7 Å². The van der Waals surface area contributed by atoms with Crippen molar-refractivity contribution in [1.29, 1.82) is 5.26 Å². The fraction of sp³-hybridized carbons (Fsp3) is 0.214. The third-order valence-electron chi connectivity index (χ3n) is 6.39. The van der Waals surface area contributed by atoms with Crippen LogP contribution in [-0.2, 0) is 13.1 Å². The van der Waals surface area contributed by atoms with Crippen LogP contribution in [0.25, 0.3) is 10.8 Å². The first-order valence-corrected chi connectivity index (χ1v) is 11.7. The van der Waals surface area contributed by atoms with E-state index < -0.39 is 0 Å². The number of carbonyl (C=O) groups is 1. The van der Waals surface area contributed by atoms with Crippen molar-refractivity contribution in [2.75, 3.05) is 26.2 Å². The fourth-order valence-electron chi connectivity index (χ4n) is 4.46. The predicted molar refractivity (Wildman–Crippen MR) is 134 cm³/mol. The van der Waals surface area contributed by atoms with Gasteiger partial charge in [-0.2, -0.15) is 10.4 Å². The highest BCUT2D eigenvalue weighted by molar-refractivity contribution is 6.04. The number of fused-ring (bicyclic) bond motifs is 1. The molecule has 0 unspecified atom stereocenters. The smallest absolute Gasteiger partial charge is 0.275 e. The van der Waals surface area contributed by atoms with E-state index in [0.29, 0.717) is 41.7 Å². The van der Waals surface area contributed by atoms with Gasteiger partial charge in [0.1, 0.15) is 0 Å². The number of aromatic nitrogens is 2. The maximum absolute atomic E-state index is 13.6. The third kappa shape index (κ3) is 4.84. The second-order valence-corrected chi connectivity index (χ2v) is 8.72. The first kappa shape index (κ1) is 22.5. The number of carbonyl (C=O) groups excluding carboxylic acids is 1. The minimum atomic E-state index is -0.201. The summed E-state index contributed by atoms with van der Waals surface area (Å²) in [6.07, 6.45) is 0. The van der Waals surface area contributed by atoms with E-state index in [-0.39, 0.29) is 11.5 Å². The highest BCUT2D eigenvalue weighted by Crippen LogP contribution is 2.18. The summed E-state index contributed by atoms with van der Waals surface area (Å²) in [5.74, 6) is -0.152. The maximum atomic E-state index is 13.6. The Hall–Kier alpha value is -4.28. The molecule has 3 aromatic carbocycles. The van der Waals surface area contributed by atoms with Gasteiger partial charge in [0.15, 0.2) is 5.69 Å². The molecule has 0 spiro atoms. The van der Waals surface area contributed by atoms with Gasteiger partial charge in [0.05, 0.1) is 23.6 Å². The van der Waals surface area contributed by atoms with Crippen LogP contribution in [0.15, 0.2) is 83.7 Å². The molecule has 0 saturated carbocycles. The van der Waals surface area contributed by atoms with Crippen molar-refractivity contribution in [1.82, 2.24) is 19.6 Å². The van der Waals surface area contributed by atoms with E-state index in [2.05, 4.69) is 16.1 Å². The maximum Gasteiger partial charge on any atom is 0.275 e. The lowest BCUT2D eigenvalue weighted by molar-refractivity contribution is 0.0622. The predicted octanol–water partition coefficient (Wildman–Crippen LogP) is 3.27. The quantitative estimate of drug-likeness (QED) is 0.454. The van der Waals surface area contributed by atoms with Crippen LogP contribution in [0, 0.1) is 11.3 Å². The number of hydrogen-bond donors (Lipinski definition) is 0. The second kappa shape index (κ2) is 9.92. The van der Waals surface area contributed by atoms with Crippen LogP contribution >= 0.6 is 0 Å². The molecule has 2 heterocycles. The first-order chi connectivity index (χ1) is 17.1. The molecule has 1 aromatic heterocycles. The van der Waals surface area contributed by atoms with Gasteiger partial charge in [0, 0.05) is 38.1 Å². The van der Waals surface area contributed by atoms with Crippen LogP contribution in [0.2, 0.25) is 0 Å². The van der Waals surface area contributed by atoms with E-state index in [0.717, 1.165) is 30.8 Å². The van der Waals surface area contributed by atoms with Crippen LogP contribution in [0.1, 0.15) is 27.2 Å². The molecule has 1 aliphatic rings. The lowest BCUT2D eigenvalue weighted by atomic mass is 10.1. The zero-order chi connectivity index (χ0) is 24.2. The molecule has 0 atom stereocenters. The zero-order valence-electron chi connectivity index (χ0n) is 19.3. The summed E-state index contributed by atoms with van der Waals surface area (Å²) < 4.78 is 1.39. The summed E-state index contributed by atoms with van der Waals surface area (Å²) in [6, 6.07) is 26.6. The summed E-state index contributed by atoms with van der Waals surface area (Å²) in [6.45, 7) is 3.74. The van der Waals surface area contributed by atoms with E-state index >= 15 is 0 Å². The van der Waals surface area contributed by atoms with Crippen molar-refractivity contribution < 1.29 is 4.79 Å². The fourth-order valence-corrected chi connectivity index (χ4v) is 4.46. The minimum Gasteiger partial charge on any atom is -0.335 e. The van der Waals surface area contributed by atoms with Gasteiger partial charge in [-0.15, -0.1) is 0 Å². The Morgan fingerprint density at radius 2 is 1.43 bits per heavy atom. The molecule has 174 valence electrons. The van der Waals surface area contributed by atoms with Gasteiger partial charge in [-0.05, 0) is 29.3 Å². The van der Waals surface area contributed by atoms with Crippen LogP contribution in [0.4, 0.5) is 0 Å². The highest BCUT2D eigenvalue weighted by Gasteiger charge is 2.26. The van der Waals surface area contributed by atoms with E-state index in [1.54, 1.807) is 12.1 Å². The number of nitrogens with zero attached hydrogens (tertiary/aromatic N) is 5. The van der Waals surface area contributed by atoms with Crippen LogP contribution < -0.4 is 5.56 Å². The minimum absolute atomic E-state index is 0.152. The monoisotopic (exact) mass is 463 g/mol. The molecule has 0 bridgehead atoms. The molecule has 7 nitrogen and oxygen atoms in total. The number of amides is 1. The molecule has 1 aliphatic heterocycles. The molecular weight excluding hydrogens is 438 g/mol. The third-order valence-corrected chi connectivity index (χ3v) is 6.39. The van der Waals surface area contributed by atoms with Gasteiger partial charge >= 0.3 is 0 Å². The number of nitriles is 1. The van der Waals surface area contributed by atoms with E-state index in [1.807, 2.05) is 71.6 Å². The van der Waals surface area contributed by atoms with E-state index in [4.69, 9.17) is 5.26 Å². The summed E-state index contributed by atoms with van der Waals surface area (Å²) in [7, 11) is 0. The molecule has 0 N–H and O–H groups in total. The van der Waals surface area contributed by atoms with Crippen molar-refractivity contribution in [3.8, 4) is 6.07 Å². The van der Waals surface area contributed by atoms with Gasteiger partial charge in [0.25, 0.3) is 11.5 Å². The Balaban J connectivity index is 1.35. The Kier molecular flexibility index (Phi) is 6.38. The molecule has 0 aliphatic carbocycles. The van der Waals surface area contributed by atoms with Crippen LogP contribution in [0.3, 0.4) is 0 Å². The largest absolute Gasteiger partial charge is 0.335 e. The molecule has 5 rings (SSSR count). The van der Waals surface area contributed by atoms with Gasteiger partial charge in [-0.3, -0.25) is 14.5 Å². The summed E-state index contributed by atoms with van der Waals surface area (Å²) in [5.41, 5.74) is 2.86. The molecular formula is C28H25N5O2. The summed E-state index contributed by atoms with van der Waals surface area (Å²) >= 11 is 0. The van der Waals surface area contributed by atoms with Crippen molar-refractivity contribution in [3.63, 3.8) is 0 Å². The molecule has 35 heavy (non-hydrogen) atoms. The average Bonchev–Trinajstić information content (AvgIpc) is 2.91. The Bertz CT molecular complexity index is 1450. The number of rotatable bonds is 5. The number of hydrogen-bond acceptors (Lipinski definition) is 5. The highest BCUT2D eigenvalue weighted by atomic mass is 16.2. The second-order valence-electron chi connectivity index (χ2n) is 8.72. The first-order valence-electron chi connectivity index (χ1n) is 11.7. The molecule has 4 aromatic rings. The van der Waals surface area contributed by atoms with Gasteiger partial charge in [-0.1, -0.05) is 60.7 Å². The SMILES string of the molecule is N#Cc1ccc(CN2CCN(C(=O)c3nn(Cc4ccccc4)c(=O)c4ccccc34)CC2)cc1.